The molecular weight excluding hydrogens is 274 g/mol. The van der Waals surface area contributed by atoms with Crippen LogP contribution in [0.1, 0.15) is 11.1 Å². The number of nitrogens with zero attached hydrogens (tertiary/aromatic N) is 1. The number of nitrogens with one attached hydrogen (secondary N) is 1. The van der Waals surface area contributed by atoms with Crippen molar-refractivity contribution in [1.29, 1.82) is 0 Å². The largest absolute Gasteiger partial charge is 0.416 e. The lowest BCUT2D eigenvalue weighted by Gasteiger charge is -2.12. The summed E-state index contributed by atoms with van der Waals surface area (Å²) in [5, 5.41) is 2.50. The highest BCUT2D eigenvalue weighted by Gasteiger charge is 2.31. The number of hydrogen-bond acceptors (Lipinski definition) is 3. The van der Waals surface area contributed by atoms with Crippen LogP contribution in [-0.2, 0) is 6.18 Å². The second-order valence-corrected chi connectivity index (χ2v) is 4.27. The van der Waals surface area contributed by atoms with Crippen LogP contribution in [-0.4, -0.2) is 4.98 Å². The maximum absolute atomic E-state index is 13.5. The first kappa shape index (κ1) is 14.1. The molecule has 0 aliphatic carbocycles. The molecule has 3 nitrogen and oxygen atoms in total. The minimum atomic E-state index is -4.54. The maximum atomic E-state index is 13.5. The molecule has 0 amide bonds. The van der Waals surface area contributed by atoms with Crippen molar-refractivity contribution >= 4 is 17.3 Å². The van der Waals surface area contributed by atoms with Crippen LogP contribution in [0.2, 0.25) is 0 Å². The van der Waals surface area contributed by atoms with Crippen LogP contribution in [0.25, 0.3) is 0 Å². The highest BCUT2D eigenvalue weighted by atomic mass is 19.4. The Morgan fingerprint density at radius 1 is 1.15 bits per heavy atom. The number of halogens is 4. The van der Waals surface area contributed by atoms with Crippen molar-refractivity contribution in [3.63, 3.8) is 0 Å². The molecule has 0 aliphatic heterocycles. The van der Waals surface area contributed by atoms with Gasteiger partial charge in [0.05, 0.1) is 11.3 Å². The van der Waals surface area contributed by atoms with Crippen molar-refractivity contribution in [2.75, 3.05) is 11.1 Å². The summed E-state index contributed by atoms with van der Waals surface area (Å²) in [6.45, 7) is 1.73. The molecule has 2 rings (SSSR count). The van der Waals surface area contributed by atoms with Crippen LogP contribution < -0.4 is 11.1 Å². The summed E-state index contributed by atoms with van der Waals surface area (Å²) in [7, 11) is 0. The second kappa shape index (κ2) is 4.99. The van der Waals surface area contributed by atoms with Gasteiger partial charge in [-0.25, -0.2) is 9.37 Å². The van der Waals surface area contributed by atoms with E-state index in [1.807, 2.05) is 0 Å². The van der Waals surface area contributed by atoms with Gasteiger partial charge < -0.3 is 11.1 Å². The molecule has 20 heavy (non-hydrogen) atoms. The standard InChI is InChI=1S/C13H11F4N3/c1-7-2-3-9(14)10(4-7)19-12-6-8(13(15,16)17)5-11(18)20-12/h2-6H,1H3,(H3,18,19,20). The second-order valence-electron chi connectivity index (χ2n) is 4.27. The van der Waals surface area contributed by atoms with E-state index in [-0.39, 0.29) is 17.3 Å². The lowest BCUT2D eigenvalue weighted by atomic mass is 10.2. The molecule has 7 heteroatoms. The van der Waals surface area contributed by atoms with Crippen LogP contribution in [0.5, 0.6) is 0 Å². The smallest absolute Gasteiger partial charge is 0.384 e. The van der Waals surface area contributed by atoms with Gasteiger partial charge in [-0.1, -0.05) is 6.07 Å². The van der Waals surface area contributed by atoms with Gasteiger partial charge in [0, 0.05) is 0 Å². The summed E-state index contributed by atoms with van der Waals surface area (Å²) in [5.74, 6) is -1.05. The molecule has 0 bridgehead atoms. The number of pyridine rings is 1. The van der Waals surface area contributed by atoms with Crippen LogP contribution in [0.3, 0.4) is 0 Å². The van der Waals surface area contributed by atoms with Crippen LogP contribution in [0, 0.1) is 12.7 Å². The molecule has 106 valence electrons. The van der Waals surface area contributed by atoms with Crippen molar-refractivity contribution in [3.05, 3.63) is 47.3 Å². The number of nitrogens with two attached hydrogens (primary N) is 1. The topological polar surface area (TPSA) is 50.9 Å². The van der Waals surface area contributed by atoms with E-state index in [1.165, 1.54) is 12.1 Å². The molecule has 3 N–H and O–H groups in total. The molecule has 2 aromatic rings. The number of aromatic nitrogens is 1. The number of rotatable bonds is 2. The molecule has 1 heterocycles. The average Bonchev–Trinajstić information content (AvgIpc) is 2.32. The van der Waals surface area contributed by atoms with Gasteiger partial charge in [-0.2, -0.15) is 13.2 Å². The zero-order valence-electron chi connectivity index (χ0n) is 10.4. The molecule has 0 unspecified atom stereocenters. The third kappa shape index (κ3) is 3.17. The number of hydrogen-bond donors (Lipinski definition) is 2. The molecule has 1 aromatic carbocycles. The number of alkyl halides is 3. The molecule has 0 spiro atoms. The Kier molecular flexibility index (Phi) is 3.52. The van der Waals surface area contributed by atoms with Gasteiger partial charge in [0.15, 0.2) is 0 Å². The van der Waals surface area contributed by atoms with Crippen LogP contribution in [0.15, 0.2) is 30.3 Å². The molecule has 0 saturated heterocycles. The minimum absolute atomic E-state index is 0.0382. The molecule has 0 saturated carbocycles. The normalized spacial score (nSPS) is 11.4. The van der Waals surface area contributed by atoms with Crippen molar-refractivity contribution < 1.29 is 17.6 Å². The zero-order valence-corrected chi connectivity index (χ0v) is 10.4. The lowest BCUT2D eigenvalue weighted by Crippen LogP contribution is -2.08. The molecule has 1 aromatic heterocycles. The highest BCUT2D eigenvalue weighted by Crippen LogP contribution is 2.32. The Bertz CT molecular complexity index is 638. The van der Waals surface area contributed by atoms with Gasteiger partial charge in [-0.15, -0.1) is 0 Å². The van der Waals surface area contributed by atoms with Crippen molar-refractivity contribution in [3.8, 4) is 0 Å². The number of benzene rings is 1. The lowest BCUT2D eigenvalue weighted by molar-refractivity contribution is -0.137. The quantitative estimate of drug-likeness (QED) is 0.823. The third-order valence-electron chi connectivity index (χ3n) is 2.56. The van der Waals surface area contributed by atoms with Gasteiger partial charge >= 0.3 is 6.18 Å². The highest BCUT2D eigenvalue weighted by molar-refractivity contribution is 5.60. The fraction of sp³-hybridized carbons (Fsp3) is 0.154. The van der Waals surface area contributed by atoms with Gasteiger partial charge in [-0.05, 0) is 36.8 Å². The Hall–Kier alpha value is -2.31. The molecular formula is C13H11F4N3. The summed E-state index contributed by atoms with van der Waals surface area (Å²) >= 11 is 0. The van der Waals surface area contributed by atoms with Gasteiger partial charge in [-0.3, -0.25) is 0 Å². The predicted molar refractivity (Wildman–Crippen MR) is 68.1 cm³/mol. The third-order valence-corrected chi connectivity index (χ3v) is 2.56. The van der Waals surface area contributed by atoms with Gasteiger partial charge in [0.2, 0.25) is 0 Å². The summed E-state index contributed by atoms with van der Waals surface area (Å²) in [6, 6.07) is 5.73. The predicted octanol–water partition coefficient (Wildman–Crippen LogP) is 3.87. The van der Waals surface area contributed by atoms with Crippen molar-refractivity contribution in [2.24, 2.45) is 0 Å². The maximum Gasteiger partial charge on any atom is 0.416 e. The first-order valence-electron chi connectivity index (χ1n) is 5.63. The summed E-state index contributed by atoms with van der Waals surface area (Å²) < 4.78 is 51.5. The summed E-state index contributed by atoms with van der Waals surface area (Å²) in [6.07, 6.45) is -4.54. The van der Waals surface area contributed by atoms with E-state index in [0.29, 0.717) is 0 Å². The van der Waals surface area contributed by atoms with Crippen LogP contribution >= 0.6 is 0 Å². The monoisotopic (exact) mass is 285 g/mol. The SMILES string of the molecule is Cc1ccc(F)c(Nc2cc(C(F)(F)F)cc(N)n2)c1. The van der Waals surface area contributed by atoms with Crippen molar-refractivity contribution in [2.45, 2.75) is 13.1 Å². The number of nitrogen functional groups attached to an aromatic ring is 1. The Labute approximate surface area is 112 Å². The Balaban J connectivity index is 2.39. The molecule has 0 fully saturated rings. The van der Waals surface area contributed by atoms with E-state index in [9.17, 15) is 17.6 Å². The molecule has 0 radical (unpaired) electrons. The zero-order chi connectivity index (χ0) is 14.9. The van der Waals surface area contributed by atoms with Gasteiger partial charge in [0.1, 0.15) is 17.5 Å². The first-order valence-corrected chi connectivity index (χ1v) is 5.63. The van der Waals surface area contributed by atoms with E-state index in [0.717, 1.165) is 17.7 Å². The first-order chi connectivity index (χ1) is 9.25. The fourth-order valence-corrected chi connectivity index (χ4v) is 1.65. The Morgan fingerprint density at radius 2 is 1.85 bits per heavy atom. The van der Waals surface area contributed by atoms with E-state index >= 15 is 0 Å². The van der Waals surface area contributed by atoms with Crippen LogP contribution in [0.4, 0.5) is 34.9 Å². The van der Waals surface area contributed by atoms with E-state index in [1.54, 1.807) is 13.0 Å². The van der Waals surface area contributed by atoms with E-state index in [2.05, 4.69) is 10.3 Å². The Morgan fingerprint density at radius 3 is 2.50 bits per heavy atom. The summed E-state index contributed by atoms with van der Waals surface area (Å²) in [4.78, 5) is 3.71. The van der Waals surface area contributed by atoms with Crippen molar-refractivity contribution in [1.82, 2.24) is 4.98 Å². The number of aryl methyl sites for hydroxylation is 1. The van der Waals surface area contributed by atoms with E-state index in [4.69, 9.17) is 5.73 Å². The van der Waals surface area contributed by atoms with Gasteiger partial charge in [0.25, 0.3) is 0 Å². The summed E-state index contributed by atoms with van der Waals surface area (Å²) in [5.41, 5.74) is 5.19. The minimum Gasteiger partial charge on any atom is -0.384 e. The van der Waals surface area contributed by atoms with E-state index < -0.39 is 17.6 Å². The number of anilines is 3. The molecule has 0 atom stereocenters. The average molecular weight is 285 g/mol. The molecule has 0 aliphatic rings. The fourth-order valence-electron chi connectivity index (χ4n) is 1.65.